The molecule has 0 unspecified atom stereocenters. The van der Waals surface area contributed by atoms with Crippen LogP contribution >= 0.6 is 0 Å². The van der Waals surface area contributed by atoms with Crippen LogP contribution in [0.1, 0.15) is 0 Å². The van der Waals surface area contributed by atoms with Gasteiger partial charge in [-0.1, -0.05) is 103 Å². The van der Waals surface area contributed by atoms with E-state index in [-0.39, 0.29) is 0 Å². The summed E-state index contributed by atoms with van der Waals surface area (Å²) in [5.41, 5.74) is 8.11. The summed E-state index contributed by atoms with van der Waals surface area (Å²) in [4.78, 5) is 4.80. The van der Waals surface area contributed by atoms with Crippen molar-refractivity contribution in [3.8, 4) is 45.0 Å². The molecule has 0 saturated heterocycles. The van der Waals surface area contributed by atoms with Crippen LogP contribution in [0, 0.1) is 0 Å². The van der Waals surface area contributed by atoms with Crippen LogP contribution in [0.2, 0.25) is 0 Å². The number of hydrogen-bond donors (Lipinski definition) is 1. The summed E-state index contributed by atoms with van der Waals surface area (Å²) < 4.78 is 6.46. The van der Waals surface area contributed by atoms with E-state index in [9.17, 15) is 0 Å². The maximum Gasteiger partial charge on any atom is 0.181 e. The van der Waals surface area contributed by atoms with Crippen molar-refractivity contribution in [3.05, 3.63) is 121 Å². The molecule has 2 heterocycles. The van der Waals surface area contributed by atoms with Crippen LogP contribution in [0.5, 0.6) is 0 Å². The lowest BCUT2D eigenvalue weighted by Crippen LogP contribution is -1.87. The number of fused-ring (bicyclic) bond motifs is 3. The highest BCUT2D eigenvalue weighted by Gasteiger charge is 2.19. The summed E-state index contributed by atoms with van der Waals surface area (Å²) in [5, 5.41) is 9.85. The number of H-pyrrole nitrogens is 1. The van der Waals surface area contributed by atoms with Gasteiger partial charge in [-0.25, -0.2) is 4.98 Å². The molecule has 0 aliphatic rings. The van der Waals surface area contributed by atoms with Gasteiger partial charge in [0.2, 0.25) is 0 Å². The summed E-state index contributed by atoms with van der Waals surface area (Å²) in [5.74, 6) is 1.37. The predicted octanol–water partition coefficient (Wildman–Crippen LogP) is 8.37. The Kier molecular flexibility index (Phi) is 4.74. The topological polar surface area (TPSA) is 54.7 Å². The molecule has 0 saturated carbocycles. The van der Waals surface area contributed by atoms with Crippen molar-refractivity contribution in [2.75, 3.05) is 0 Å². The molecule has 0 aliphatic carbocycles. The van der Waals surface area contributed by atoms with Gasteiger partial charge >= 0.3 is 0 Å². The van der Waals surface area contributed by atoms with E-state index < -0.39 is 0 Å². The summed E-state index contributed by atoms with van der Waals surface area (Å²) in [6.07, 6.45) is 0. The van der Waals surface area contributed by atoms with Crippen LogP contribution in [0.4, 0.5) is 0 Å². The molecule has 170 valence electrons. The summed E-state index contributed by atoms with van der Waals surface area (Å²) in [6, 6.07) is 41.4. The van der Waals surface area contributed by atoms with E-state index in [0.717, 1.165) is 61.1 Å². The van der Waals surface area contributed by atoms with Gasteiger partial charge in [0.05, 0.1) is 0 Å². The minimum Gasteiger partial charge on any atom is -0.456 e. The summed E-state index contributed by atoms with van der Waals surface area (Å²) in [6.45, 7) is 0. The Morgan fingerprint density at radius 2 is 1.11 bits per heavy atom. The number of rotatable bonds is 4. The number of aromatic amines is 1. The van der Waals surface area contributed by atoms with Crippen molar-refractivity contribution >= 4 is 21.9 Å². The van der Waals surface area contributed by atoms with Gasteiger partial charge in [0.25, 0.3) is 0 Å². The van der Waals surface area contributed by atoms with Crippen molar-refractivity contribution in [2.45, 2.75) is 0 Å². The molecule has 5 aromatic carbocycles. The second-order valence-corrected chi connectivity index (χ2v) is 8.78. The van der Waals surface area contributed by atoms with Gasteiger partial charge in [-0.05, 0) is 40.5 Å². The Morgan fingerprint density at radius 1 is 0.500 bits per heavy atom. The second kappa shape index (κ2) is 8.36. The van der Waals surface area contributed by atoms with E-state index in [1.165, 1.54) is 0 Å². The van der Waals surface area contributed by atoms with Crippen LogP contribution < -0.4 is 0 Å². The van der Waals surface area contributed by atoms with Gasteiger partial charge in [0, 0.05) is 21.9 Å². The van der Waals surface area contributed by atoms with Gasteiger partial charge < -0.3 is 4.42 Å². The van der Waals surface area contributed by atoms with Crippen LogP contribution in [0.3, 0.4) is 0 Å². The monoisotopic (exact) mass is 463 g/mol. The quantitative estimate of drug-likeness (QED) is 0.285. The third-order valence-electron chi connectivity index (χ3n) is 6.56. The minimum absolute atomic E-state index is 0.636. The zero-order chi connectivity index (χ0) is 23.9. The molecular formula is C32H21N3O. The molecular weight excluding hydrogens is 442 g/mol. The van der Waals surface area contributed by atoms with E-state index in [4.69, 9.17) is 9.40 Å². The van der Waals surface area contributed by atoms with Gasteiger partial charge in [0.15, 0.2) is 11.6 Å². The van der Waals surface area contributed by atoms with E-state index >= 15 is 0 Å². The molecule has 1 N–H and O–H groups in total. The van der Waals surface area contributed by atoms with Gasteiger partial charge in [-0.15, -0.1) is 0 Å². The first-order chi connectivity index (χ1) is 17.8. The number of benzene rings is 5. The molecule has 0 fully saturated rings. The summed E-state index contributed by atoms with van der Waals surface area (Å²) >= 11 is 0. The van der Waals surface area contributed by atoms with E-state index in [2.05, 4.69) is 83.0 Å². The SMILES string of the molecule is c1ccc(-c2nc(-c3cc(-c4ccccc4)c4c(c3)oc3cccc(-c5ccccc5)c34)n[nH]2)cc1. The van der Waals surface area contributed by atoms with Crippen molar-refractivity contribution in [1.82, 2.24) is 15.2 Å². The molecule has 7 aromatic rings. The summed E-state index contributed by atoms with van der Waals surface area (Å²) in [7, 11) is 0. The first kappa shape index (κ1) is 20.4. The smallest absolute Gasteiger partial charge is 0.181 e. The lowest BCUT2D eigenvalue weighted by atomic mass is 9.93. The first-order valence-electron chi connectivity index (χ1n) is 11.9. The number of furan rings is 1. The highest BCUT2D eigenvalue weighted by Crippen LogP contribution is 2.43. The molecule has 2 aromatic heterocycles. The Bertz CT molecular complexity index is 1820. The highest BCUT2D eigenvalue weighted by molar-refractivity contribution is 6.18. The van der Waals surface area contributed by atoms with Gasteiger partial charge in [-0.3, -0.25) is 5.10 Å². The van der Waals surface area contributed by atoms with E-state index in [1.54, 1.807) is 0 Å². The van der Waals surface area contributed by atoms with Crippen molar-refractivity contribution in [3.63, 3.8) is 0 Å². The van der Waals surface area contributed by atoms with Gasteiger partial charge in [0.1, 0.15) is 11.2 Å². The molecule has 0 amide bonds. The fraction of sp³-hybridized carbons (Fsp3) is 0. The lowest BCUT2D eigenvalue weighted by molar-refractivity contribution is 0.669. The maximum atomic E-state index is 6.46. The van der Waals surface area contributed by atoms with Crippen LogP contribution in [-0.2, 0) is 0 Å². The average Bonchev–Trinajstić information content (AvgIpc) is 3.59. The molecule has 4 nitrogen and oxygen atoms in total. The maximum absolute atomic E-state index is 6.46. The third-order valence-corrected chi connectivity index (χ3v) is 6.56. The number of nitrogens with zero attached hydrogens (tertiary/aromatic N) is 2. The van der Waals surface area contributed by atoms with Gasteiger partial charge in [-0.2, -0.15) is 5.10 Å². The van der Waals surface area contributed by atoms with Crippen LogP contribution in [-0.4, -0.2) is 15.2 Å². The molecule has 0 atom stereocenters. The van der Waals surface area contributed by atoms with E-state index in [0.29, 0.717) is 5.82 Å². The van der Waals surface area contributed by atoms with Crippen molar-refractivity contribution in [1.29, 1.82) is 0 Å². The molecule has 0 spiro atoms. The standard InChI is InChI=1S/C32H21N3O/c1-4-11-21(12-5-1)25-17-10-18-27-29(25)30-26(22-13-6-2-7-14-22)19-24(20-28(30)36-27)32-33-31(34-35-32)23-15-8-3-9-16-23/h1-20H,(H,33,34,35). The molecule has 0 aliphatic heterocycles. The van der Waals surface area contributed by atoms with E-state index in [1.807, 2.05) is 48.5 Å². The fourth-order valence-electron chi connectivity index (χ4n) is 4.90. The largest absolute Gasteiger partial charge is 0.456 e. The predicted molar refractivity (Wildman–Crippen MR) is 145 cm³/mol. The molecule has 7 rings (SSSR count). The minimum atomic E-state index is 0.636. The van der Waals surface area contributed by atoms with Crippen molar-refractivity contribution in [2.24, 2.45) is 0 Å². The van der Waals surface area contributed by atoms with Crippen LogP contribution in [0.15, 0.2) is 126 Å². The Hall–Kier alpha value is -4.96. The highest BCUT2D eigenvalue weighted by atomic mass is 16.3. The molecule has 0 bridgehead atoms. The van der Waals surface area contributed by atoms with Crippen molar-refractivity contribution < 1.29 is 4.42 Å². The normalized spacial score (nSPS) is 11.3. The first-order valence-corrected chi connectivity index (χ1v) is 11.9. The molecule has 0 radical (unpaired) electrons. The average molecular weight is 464 g/mol. The third kappa shape index (κ3) is 3.39. The number of aromatic nitrogens is 3. The molecule has 4 heteroatoms. The number of nitrogens with one attached hydrogen (secondary N) is 1. The second-order valence-electron chi connectivity index (χ2n) is 8.78. The Labute approximate surface area is 207 Å². The Balaban J connectivity index is 1.50. The fourth-order valence-corrected chi connectivity index (χ4v) is 4.90. The lowest BCUT2D eigenvalue weighted by Gasteiger charge is -2.09. The zero-order valence-corrected chi connectivity index (χ0v) is 19.3. The molecule has 36 heavy (non-hydrogen) atoms. The number of hydrogen-bond acceptors (Lipinski definition) is 3. The van der Waals surface area contributed by atoms with Crippen LogP contribution in [0.25, 0.3) is 67.0 Å². The zero-order valence-electron chi connectivity index (χ0n) is 19.3. The Morgan fingerprint density at radius 3 is 1.81 bits per heavy atom.